The molecule has 0 unspecified atom stereocenters. The number of thioether (sulfide) groups is 1. The van der Waals surface area contributed by atoms with Crippen molar-refractivity contribution in [3.63, 3.8) is 0 Å². The number of nitrogens with zero attached hydrogens (tertiary/aromatic N) is 4. The second-order valence-electron chi connectivity index (χ2n) is 7.12. The molecule has 0 N–H and O–H groups in total. The zero-order valence-electron chi connectivity index (χ0n) is 18.6. The average molecular weight is 483 g/mol. The molecule has 4 rings (SSSR count). The average Bonchev–Trinajstić information content (AvgIpc) is 3.50. The summed E-state index contributed by atoms with van der Waals surface area (Å²) in [5.74, 6) is 2.29. The molecule has 7 nitrogen and oxygen atoms in total. The van der Waals surface area contributed by atoms with Crippen LogP contribution in [-0.4, -0.2) is 46.7 Å². The van der Waals surface area contributed by atoms with E-state index in [-0.39, 0.29) is 5.91 Å². The summed E-state index contributed by atoms with van der Waals surface area (Å²) < 4.78 is 13.8. The van der Waals surface area contributed by atoms with Gasteiger partial charge in [0.05, 0.1) is 25.0 Å². The topological polar surface area (TPSA) is 69.5 Å². The minimum atomic E-state index is 0.0418. The fraction of sp³-hybridized carbons (Fsp3) is 0.292. The number of rotatable bonds is 11. The predicted octanol–water partition coefficient (Wildman–Crippen LogP) is 5.12. The summed E-state index contributed by atoms with van der Waals surface area (Å²) in [5, 5.41) is 4.95. The van der Waals surface area contributed by atoms with Crippen molar-refractivity contribution in [1.82, 2.24) is 14.8 Å². The molecule has 0 spiro atoms. The second kappa shape index (κ2) is 11.2. The van der Waals surface area contributed by atoms with Gasteiger partial charge in [-0.1, -0.05) is 17.4 Å². The lowest BCUT2D eigenvalue weighted by molar-refractivity contribution is -0.118. The van der Waals surface area contributed by atoms with Gasteiger partial charge in [0.1, 0.15) is 17.0 Å². The highest BCUT2D eigenvalue weighted by atomic mass is 32.2. The van der Waals surface area contributed by atoms with Crippen molar-refractivity contribution in [3.8, 4) is 11.5 Å². The number of aromatic nitrogens is 3. The largest absolute Gasteiger partial charge is 0.497 e. The molecule has 9 heteroatoms. The van der Waals surface area contributed by atoms with Crippen LogP contribution in [0.1, 0.15) is 13.3 Å². The van der Waals surface area contributed by atoms with Crippen molar-refractivity contribution < 1.29 is 14.3 Å². The highest BCUT2D eigenvalue weighted by Crippen LogP contribution is 2.34. The molecule has 2 heterocycles. The van der Waals surface area contributed by atoms with Crippen LogP contribution in [0, 0.1) is 0 Å². The minimum absolute atomic E-state index is 0.0418. The first-order valence-electron chi connectivity index (χ1n) is 10.7. The highest BCUT2D eigenvalue weighted by Gasteiger charge is 2.21. The zero-order chi connectivity index (χ0) is 23.0. The Kier molecular flexibility index (Phi) is 7.85. The van der Waals surface area contributed by atoms with Gasteiger partial charge in [0.15, 0.2) is 5.13 Å². The van der Waals surface area contributed by atoms with Gasteiger partial charge >= 0.3 is 0 Å². The zero-order valence-corrected chi connectivity index (χ0v) is 20.3. The molecular weight excluding hydrogens is 456 g/mol. The number of carbonyl (C=O) groups is 1. The summed E-state index contributed by atoms with van der Waals surface area (Å²) in [5.41, 5.74) is 0.795. The van der Waals surface area contributed by atoms with E-state index in [1.54, 1.807) is 30.0 Å². The first-order valence-corrected chi connectivity index (χ1v) is 12.5. The maximum atomic E-state index is 13.3. The summed E-state index contributed by atoms with van der Waals surface area (Å²) in [6.07, 6.45) is 4.04. The van der Waals surface area contributed by atoms with Crippen LogP contribution in [0.15, 0.2) is 65.8 Å². The molecule has 0 aliphatic heterocycles. The minimum Gasteiger partial charge on any atom is -0.497 e. The molecule has 0 aliphatic rings. The summed E-state index contributed by atoms with van der Waals surface area (Å²) in [6.45, 7) is 3.61. The molecule has 0 atom stereocenters. The van der Waals surface area contributed by atoms with Crippen LogP contribution in [0.4, 0.5) is 5.13 Å². The van der Waals surface area contributed by atoms with Crippen LogP contribution >= 0.6 is 23.1 Å². The third-order valence-corrected chi connectivity index (χ3v) is 7.02. The quantitative estimate of drug-likeness (QED) is 0.277. The number of anilines is 1. The molecule has 33 heavy (non-hydrogen) atoms. The van der Waals surface area contributed by atoms with Crippen molar-refractivity contribution >= 4 is 44.4 Å². The van der Waals surface area contributed by atoms with Gasteiger partial charge in [-0.25, -0.2) is 4.98 Å². The fourth-order valence-electron chi connectivity index (χ4n) is 3.32. The van der Waals surface area contributed by atoms with E-state index in [9.17, 15) is 4.79 Å². The molecule has 0 aliphatic carbocycles. The van der Waals surface area contributed by atoms with Crippen molar-refractivity contribution in [2.75, 3.05) is 30.9 Å². The van der Waals surface area contributed by atoms with Gasteiger partial charge in [-0.2, -0.15) is 5.10 Å². The van der Waals surface area contributed by atoms with Gasteiger partial charge in [0.25, 0.3) is 0 Å². The Balaban J connectivity index is 1.49. The summed E-state index contributed by atoms with van der Waals surface area (Å²) in [7, 11) is 1.65. The van der Waals surface area contributed by atoms with E-state index in [4.69, 9.17) is 14.5 Å². The summed E-state index contributed by atoms with van der Waals surface area (Å²) >= 11 is 3.16. The number of thiazole rings is 1. The summed E-state index contributed by atoms with van der Waals surface area (Å²) in [6, 6.07) is 15.6. The Morgan fingerprint density at radius 2 is 2.03 bits per heavy atom. The molecule has 2 aromatic carbocycles. The van der Waals surface area contributed by atoms with E-state index in [1.165, 1.54) is 11.3 Å². The van der Waals surface area contributed by atoms with Crippen LogP contribution in [0.25, 0.3) is 10.2 Å². The lowest BCUT2D eigenvalue weighted by atomic mass is 10.3. The molecule has 0 bridgehead atoms. The van der Waals surface area contributed by atoms with Crippen molar-refractivity contribution in [3.05, 3.63) is 60.9 Å². The number of hydrogen-bond donors (Lipinski definition) is 0. The van der Waals surface area contributed by atoms with Crippen molar-refractivity contribution in [2.24, 2.45) is 0 Å². The third-order valence-electron chi connectivity index (χ3n) is 4.96. The van der Waals surface area contributed by atoms with Crippen LogP contribution in [0.5, 0.6) is 11.5 Å². The molecule has 0 saturated carbocycles. The molecule has 0 saturated heterocycles. The number of benzene rings is 2. The Morgan fingerprint density at radius 3 is 2.76 bits per heavy atom. The van der Waals surface area contributed by atoms with Gasteiger partial charge in [0, 0.05) is 36.0 Å². The maximum Gasteiger partial charge on any atom is 0.229 e. The lowest BCUT2D eigenvalue weighted by Gasteiger charge is -2.20. The second-order valence-corrected chi connectivity index (χ2v) is 9.30. The number of hydrogen-bond acceptors (Lipinski definition) is 7. The van der Waals surface area contributed by atoms with E-state index in [2.05, 4.69) is 5.10 Å². The van der Waals surface area contributed by atoms with Gasteiger partial charge < -0.3 is 9.47 Å². The van der Waals surface area contributed by atoms with Crippen LogP contribution in [0.2, 0.25) is 0 Å². The van der Waals surface area contributed by atoms with Gasteiger partial charge in [0.2, 0.25) is 5.91 Å². The van der Waals surface area contributed by atoms with Gasteiger partial charge in [-0.15, -0.1) is 11.8 Å². The molecule has 0 radical (unpaired) electrons. The monoisotopic (exact) mass is 482 g/mol. The van der Waals surface area contributed by atoms with Crippen molar-refractivity contribution in [2.45, 2.75) is 24.8 Å². The predicted molar refractivity (Wildman–Crippen MR) is 134 cm³/mol. The van der Waals surface area contributed by atoms with Crippen molar-refractivity contribution in [1.29, 1.82) is 0 Å². The Morgan fingerprint density at radius 1 is 1.18 bits per heavy atom. The number of amides is 1. The molecule has 2 aromatic heterocycles. The van der Waals surface area contributed by atoms with Gasteiger partial charge in [-0.3, -0.25) is 14.4 Å². The first-order chi connectivity index (χ1) is 16.2. The number of methoxy groups -OCH3 is 1. The molecule has 4 aromatic rings. The van der Waals surface area contributed by atoms with E-state index in [0.717, 1.165) is 26.6 Å². The SMILES string of the molecule is CCOc1cccc2sc(N(CCn3cccn3)C(=O)CCSc3ccc(OC)cc3)nc12. The van der Waals surface area contributed by atoms with E-state index in [1.807, 2.05) is 66.3 Å². The van der Waals surface area contributed by atoms with Crippen LogP contribution < -0.4 is 14.4 Å². The summed E-state index contributed by atoms with van der Waals surface area (Å²) in [4.78, 5) is 20.9. The van der Waals surface area contributed by atoms with Crippen LogP contribution in [-0.2, 0) is 11.3 Å². The molecule has 0 fully saturated rings. The van der Waals surface area contributed by atoms with E-state index < -0.39 is 0 Å². The Labute approximate surface area is 201 Å². The van der Waals surface area contributed by atoms with E-state index in [0.29, 0.717) is 37.0 Å². The number of fused-ring (bicyclic) bond motifs is 1. The number of carbonyl (C=O) groups excluding carboxylic acids is 1. The van der Waals surface area contributed by atoms with Gasteiger partial charge in [-0.05, 0) is 49.4 Å². The standard InChI is InChI=1S/C24H26N4O3S2/c1-3-31-20-6-4-7-21-23(20)26-24(33-21)28(16-15-27-14-5-13-25-27)22(29)12-17-32-19-10-8-18(30-2)9-11-19/h4-11,13-14H,3,12,15-17H2,1-2H3. The van der Waals surface area contributed by atoms with E-state index >= 15 is 0 Å². The first kappa shape index (κ1) is 23.1. The third kappa shape index (κ3) is 5.85. The maximum absolute atomic E-state index is 13.3. The smallest absolute Gasteiger partial charge is 0.229 e. The number of para-hydroxylation sites is 1. The Hall–Kier alpha value is -3.04. The molecule has 172 valence electrons. The normalized spacial score (nSPS) is 11.0. The molecule has 1 amide bonds. The Bertz CT molecular complexity index is 1180. The fourth-order valence-corrected chi connectivity index (χ4v) is 5.19. The highest BCUT2D eigenvalue weighted by molar-refractivity contribution is 7.99. The molecular formula is C24H26N4O3S2. The number of ether oxygens (including phenoxy) is 2. The lowest BCUT2D eigenvalue weighted by Crippen LogP contribution is -2.34. The van der Waals surface area contributed by atoms with Crippen LogP contribution in [0.3, 0.4) is 0 Å².